The number of benzene rings is 1. The fraction of sp³-hybridized carbons (Fsp3) is 0.538. The fourth-order valence-electron chi connectivity index (χ4n) is 1.70. The van der Waals surface area contributed by atoms with E-state index in [4.69, 9.17) is 11.6 Å². The van der Waals surface area contributed by atoms with Crippen LogP contribution in [0.2, 0.25) is 5.02 Å². The number of halogens is 1. The molecule has 0 aromatic heterocycles. The maximum atomic E-state index is 5.85. The Labute approximate surface area is 108 Å². The van der Waals surface area contributed by atoms with E-state index in [-0.39, 0.29) is 0 Å². The highest BCUT2D eigenvalue weighted by Crippen LogP contribution is 2.22. The van der Waals surface area contributed by atoms with Crippen molar-refractivity contribution in [3.63, 3.8) is 0 Å². The minimum absolute atomic E-state index is 0.595. The molecule has 1 aromatic rings. The minimum Gasteiger partial charge on any atom is -0.316 e. The van der Waals surface area contributed by atoms with Crippen molar-refractivity contribution in [2.45, 2.75) is 37.3 Å². The second-order valence-corrected chi connectivity index (χ2v) is 5.75. The van der Waals surface area contributed by atoms with Gasteiger partial charge in [0.25, 0.3) is 0 Å². The molecule has 1 N–H and O–H groups in total. The molecule has 2 atom stereocenters. The monoisotopic (exact) mass is 257 g/mol. The molecule has 0 bridgehead atoms. The summed E-state index contributed by atoms with van der Waals surface area (Å²) in [5.41, 5.74) is 1.34. The van der Waals surface area contributed by atoms with E-state index in [2.05, 4.69) is 31.3 Å². The van der Waals surface area contributed by atoms with Crippen molar-refractivity contribution in [2.75, 3.05) is 7.05 Å². The van der Waals surface area contributed by atoms with Gasteiger partial charge in [0.1, 0.15) is 0 Å². The van der Waals surface area contributed by atoms with Gasteiger partial charge in [-0.2, -0.15) is 11.8 Å². The van der Waals surface area contributed by atoms with Crippen molar-refractivity contribution in [1.29, 1.82) is 0 Å². The predicted molar refractivity (Wildman–Crippen MR) is 75.3 cm³/mol. The third kappa shape index (κ3) is 4.36. The molecule has 0 heterocycles. The first-order chi connectivity index (χ1) is 7.67. The summed E-state index contributed by atoms with van der Waals surface area (Å²) >= 11 is 7.84. The summed E-state index contributed by atoms with van der Waals surface area (Å²) in [7, 11) is 2.04. The van der Waals surface area contributed by atoms with Gasteiger partial charge in [-0.05, 0) is 31.2 Å². The highest BCUT2D eigenvalue weighted by Gasteiger charge is 2.13. The number of nitrogens with one attached hydrogen (secondary N) is 1. The minimum atomic E-state index is 0.595. The van der Waals surface area contributed by atoms with Gasteiger partial charge in [0.2, 0.25) is 0 Å². The molecule has 3 heteroatoms. The Balaban J connectivity index is 2.42. The topological polar surface area (TPSA) is 12.0 Å². The lowest BCUT2D eigenvalue weighted by Gasteiger charge is -2.21. The molecule has 0 amide bonds. The summed E-state index contributed by atoms with van der Waals surface area (Å²) in [5, 5.41) is 4.79. The van der Waals surface area contributed by atoms with Gasteiger partial charge in [-0.25, -0.2) is 0 Å². The molecule has 0 saturated heterocycles. The third-order valence-corrected chi connectivity index (χ3v) is 4.41. The lowest BCUT2D eigenvalue weighted by atomic mass is 10.2. The molecule has 0 aliphatic carbocycles. The zero-order valence-corrected chi connectivity index (χ0v) is 11.7. The van der Waals surface area contributed by atoms with E-state index < -0.39 is 0 Å². The number of thioether (sulfide) groups is 1. The lowest BCUT2D eigenvalue weighted by molar-refractivity contribution is 0.541. The molecule has 0 fully saturated rings. The molecular formula is C13H20ClNS. The SMILES string of the molecule is CCC(NC)C(C)SCc1ccc(Cl)cc1. The molecule has 1 rings (SSSR count). The fourth-order valence-corrected chi connectivity index (χ4v) is 3.03. The largest absolute Gasteiger partial charge is 0.316 e. The van der Waals surface area contributed by atoms with Gasteiger partial charge < -0.3 is 5.32 Å². The summed E-state index contributed by atoms with van der Waals surface area (Å²) in [6.07, 6.45) is 1.17. The highest BCUT2D eigenvalue weighted by atomic mass is 35.5. The molecule has 0 saturated carbocycles. The van der Waals surface area contributed by atoms with Crippen LogP contribution in [0.25, 0.3) is 0 Å². The molecule has 1 aromatic carbocycles. The van der Waals surface area contributed by atoms with Crippen molar-refractivity contribution in [1.82, 2.24) is 5.32 Å². The Hall–Kier alpha value is -0.180. The zero-order valence-electron chi connectivity index (χ0n) is 10.2. The van der Waals surface area contributed by atoms with Gasteiger partial charge in [0.05, 0.1) is 0 Å². The van der Waals surface area contributed by atoms with Crippen LogP contribution in [0.5, 0.6) is 0 Å². The quantitative estimate of drug-likeness (QED) is 0.828. The molecule has 1 nitrogen and oxygen atoms in total. The maximum Gasteiger partial charge on any atom is 0.0406 e. The summed E-state index contributed by atoms with van der Waals surface area (Å²) < 4.78 is 0. The van der Waals surface area contributed by atoms with Crippen molar-refractivity contribution in [2.24, 2.45) is 0 Å². The summed E-state index contributed by atoms with van der Waals surface area (Å²) in [4.78, 5) is 0. The Bertz CT molecular complexity index is 295. The lowest BCUT2D eigenvalue weighted by Crippen LogP contribution is -2.33. The van der Waals surface area contributed by atoms with Crippen LogP contribution < -0.4 is 5.32 Å². The Morgan fingerprint density at radius 2 is 1.94 bits per heavy atom. The van der Waals surface area contributed by atoms with Crippen molar-refractivity contribution in [3.8, 4) is 0 Å². The van der Waals surface area contributed by atoms with Crippen LogP contribution in [0.1, 0.15) is 25.8 Å². The normalized spacial score (nSPS) is 14.8. The van der Waals surface area contributed by atoms with Crippen LogP contribution in [0, 0.1) is 0 Å². The Kier molecular flexibility index (Phi) is 6.25. The van der Waals surface area contributed by atoms with Crippen LogP contribution >= 0.6 is 23.4 Å². The summed E-state index contributed by atoms with van der Waals surface area (Å²) in [6.45, 7) is 4.51. The van der Waals surface area contributed by atoms with Gasteiger partial charge in [0.15, 0.2) is 0 Å². The number of hydrogen-bond acceptors (Lipinski definition) is 2. The van der Waals surface area contributed by atoms with Gasteiger partial charge >= 0.3 is 0 Å². The molecule has 0 radical (unpaired) electrons. The van der Waals surface area contributed by atoms with Crippen LogP contribution in [0.3, 0.4) is 0 Å². The molecule has 16 heavy (non-hydrogen) atoms. The van der Waals surface area contributed by atoms with Crippen molar-refractivity contribution >= 4 is 23.4 Å². The first-order valence-corrected chi connectivity index (χ1v) is 7.13. The van der Waals surface area contributed by atoms with Crippen molar-refractivity contribution in [3.05, 3.63) is 34.9 Å². The molecule has 90 valence electrons. The van der Waals surface area contributed by atoms with Crippen LogP contribution in [-0.4, -0.2) is 18.3 Å². The first-order valence-electron chi connectivity index (χ1n) is 5.70. The highest BCUT2D eigenvalue weighted by molar-refractivity contribution is 7.99. The first kappa shape index (κ1) is 13.9. The van der Waals surface area contributed by atoms with Crippen LogP contribution in [-0.2, 0) is 5.75 Å². The van der Waals surface area contributed by atoms with Gasteiger partial charge in [-0.3, -0.25) is 0 Å². The van der Waals surface area contributed by atoms with Gasteiger partial charge in [-0.1, -0.05) is 37.6 Å². The molecule has 0 spiro atoms. The number of rotatable bonds is 6. The Morgan fingerprint density at radius 3 is 2.44 bits per heavy atom. The average molecular weight is 258 g/mol. The van der Waals surface area contributed by atoms with E-state index >= 15 is 0 Å². The Morgan fingerprint density at radius 1 is 1.31 bits per heavy atom. The van der Waals surface area contributed by atoms with Crippen LogP contribution in [0.15, 0.2) is 24.3 Å². The second-order valence-electron chi connectivity index (χ2n) is 3.95. The maximum absolute atomic E-state index is 5.85. The third-order valence-electron chi connectivity index (χ3n) is 2.80. The molecular weight excluding hydrogens is 238 g/mol. The second kappa shape index (κ2) is 7.21. The summed E-state index contributed by atoms with van der Waals surface area (Å²) in [5.74, 6) is 1.05. The predicted octanol–water partition coefficient (Wildman–Crippen LogP) is 3.96. The zero-order chi connectivity index (χ0) is 12.0. The van der Waals surface area contributed by atoms with Crippen LogP contribution in [0.4, 0.5) is 0 Å². The molecule has 0 aliphatic rings. The average Bonchev–Trinajstić information content (AvgIpc) is 2.30. The number of hydrogen-bond donors (Lipinski definition) is 1. The van der Waals surface area contributed by atoms with E-state index in [1.165, 1.54) is 12.0 Å². The van der Waals surface area contributed by atoms with E-state index in [1.807, 2.05) is 30.9 Å². The van der Waals surface area contributed by atoms with Gasteiger partial charge in [0, 0.05) is 22.1 Å². The summed E-state index contributed by atoms with van der Waals surface area (Å²) in [6, 6.07) is 8.71. The van der Waals surface area contributed by atoms with E-state index in [9.17, 15) is 0 Å². The standard InChI is InChI=1S/C13H20ClNS/c1-4-13(15-3)10(2)16-9-11-5-7-12(14)8-6-11/h5-8,10,13,15H,4,9H2,1-3H3. The smallest absolute Gasteiger partial charge is 0.0406 e. The van der Waals surface area contributed by atoms with Crippen molar-refractivity contribution < 1.29 is 0 Å². The van der Waals surface area contributed by atoms with E-state index in [1.54, 1.807) is 0 Å². The van der Waals surface area contributed by atoms with Gasteiger partial charge in [-0.15, -0.1) is 0 Å². The van der Waals surface area contributed by atoms with E-state index in [0.29, 0.717) is 11.3 Å². The molecule has 2 unspecified atom stereocenters. The molecule has 0 aliphatic heterocycles. The van der Waals surface area contributed by atoms with E-state index in [0.717, 1.165) is 10.8 Å².